The van der Waals surface area contributed by atoms with Gasteiger partial charge in [-0.05, 0) is 43.2 Å². The number of rotatable bonds is 6. The van der Waals surface area contributed by atoms with Gasteiger partial charge in [-0.15, -0.1) is 11.8 Å². The monoisotopic (exact) mass is 349 g/mol. The maximum atomic E-state index is 12.2. The van der Waals surface area contributed by atoms with Gasteiger partial charge in [-0.25, -0.2) is 0 Å². The molecule has 2 aromatic carbocycles. The number of hydrogen-bond acceptors (Lipinski definition) is 3. The smallest absolute Gasteiger partial charge is 0.234 e. The second-order valence-electron chi connectivity index (χ2n) is 5.23. The lowest BCUT2D eigenvalue weighted by Gasteiger charge is -2.14. The molecule has 0 bridgehead atoms. The first-order chi connectivity index (χ1) is 11.0. The Morgan fingerprint density at radius 3 is 2.74 bits per heavy atom. The van der Waals surface area contributed by atoms with Crippen LogP contribution in [0, 0.1) is 6.92 Å². The molecule has 1 atom stereocenters. The number of thioether (sulfide) groups is 1. The highest BCUT2D eigenvalue weighted by Gasteiger charge is 2.13. The molecule has 1 N–H and O–H groups in total. The zero-order valence-corrected chi connectivity index (χ0v) is 15.0. The number of nitrogens with one attached hydrogen (secondary N) is 1. The summed E-state index contributed by atoms with van der Waals surface area (Å²) in [6.45, 7) is 4.02. The van der Waals surface area contributed by atoms with E-state index in [-0.39, 0.29) is 11.2 Å². The van der Waals surface area contributed by atoms with E-state index in [0.29, 0.717) is 17.2 Å². The third kappa shape index (κ3) is 4.91. The van der Waals surface area contributed by atoms with Gasteiger partial charge in [-0.1, -0.05) is 35.9 Å². The Bertz CT molecular complexity index is 690. The van der Waals surface area contributed by atoms with E-state index in [0.717, 1.165) is 16.1 Å². The molecule has 0 saturated carbocycles. The summed E-state index contributed by atoms with van der Waals surface area (Å²) in [5.74, 6) is 0.953. The van der Waals surface area contributed by atoms with Crippen LogP contribution in [0.3, 0.4) is 0 Å². The molecule has 0 saturated heterocycles. The van der Waals surface area contributed by atoms with Crippen molar-refractivity contribution in [1.29, 1.82) is 0 Å². The summed E-state index contributed by atoms with van der Waals surface area (Å²) < 4.78 is 5.27. The van der Waals surface area contributed by atoms with Crippen LogP contribution < -0.4 is 10.1 Å². The number of aryl methyl sites for hydroxylation is 1. The highest BCUT2D eigenvalue weighted by molar-refractivity contribution is 8.00. The summed E-state index contributed by atoms with van der Waals surface area (Å²) in [6.07, 6.45) is 0. The first kappa shape index (κ1) is 17.7. The van der Waals surface area contributed by atoms with Crippen molar-refractivity contribution in [2.75, 3.05) is 18.2 Å². The van der Waals surface area contributed by atoms with Gasteiger partial charge in [0.25, 0.3) is 0 Å². The Morgan fingerprint density at radius 2 is 2.04 bits per heavy atom. The van der Waals surface area contributed by atoms with Crippen molar-refractivity contribution >= 4 is 35.0 Å². The number of carbonyl (C=O) groups excluding carboxylic acids is 1. The first-order valence-corrected chi connectivity index (χ1v) is 8.74. The fourth-order valence-corrected chi connectivity index (χ4v) is 3.42. The molecule has 0 unspecified atom stereocenters. The molecule has 0 aliphatic rings. The van der Waals surface area contributed by atoms with Gasteiger partial charge >= 0.3 is 0 Å². The van der Waals surface area contributed by atoms with Crippen LogP contribution in [-0.2, 0) is 4.79 Å². The summed E-state index contributed by atoms with van der Waals surface area (Å²) >= 11 is 7.74. The maximum absolute atomic E-state index is 12.2. The molecule has 2 rings (SSSR count). The highest BCUT2D eigenvalue weighted by atomic mass is 35.5. The second-order valence-corrected chi connectivity index (χ2v) is 6.96. The predicted molar refractivity (Wildman–Crippen MR) is 98.7 cm³/mol. The minimum Gasteiger partial charge on any atom is -0.495 e. The van der Waals surface area contributed by atoms with Crippen molar-refractivity contribution < 1.29 is 9.53 Å². The van der Waals surface area contributed by atoms with Crippen molar-refractivity contribution in [3.8, 4) is 5.75 Å². The molecule has 0 spiro atoms. The second kappa shape index (κ2) is 8.27. The molecule has 5 heteroatoms. The number of benzene rings is 2. The van der Waals surface area contributed by atoms with Crippen LogP contribution in [0.2, 0.25) is 5.02 Å². The Hall–Kier alpha value is -1.65. The molecule has 2 aromatic rings. The molecule has 122 valence electrons. The van der Waals surface area contributed by atoms with E-state index in [1.54, 1.807) is 18.9 Å². The van der Waals surface area contributed by atoms with Crippen molar-refractivity contribution in [2.45, 2.75) is 19.1 Å². The van der Waals surface area contributed by atoms with Crippen LogP contribution in [0.1, 0.15) is 23.3 Å². The van der Waals surface area contributed by atoms with E-state index in [4.69, 9.17) is 16.3 Å². The van der Waals surface area contributed by atoms with E-state index in [9.17, 15) is 4.79 Å². The summed E-state index contributed by atoms with van der Waals surface area (Å²) in [5.41, 5.74) is 2.81. The summed E-state index contributed by atoms with van der Waals surface area (Å²) in [5, 5.41) is 3.78. The molecule has 3 nitrogen and oxygen atoms in total. The standard InChI is InChI=1S/C18H20ClNO2S/c1-12-8-9-17(22-3)16(10-12)20-18(21)11-23-13(2)14-6-4-5-7-15(14)19/h4-10,13H,11H2,1-3H3,(H,20,21)/t13-/m1/s1. The van der Waals surface area contributed by atoms with Gasteiger partial charge < -0.3 is 10.1 Å². The van der Waals surface area contributed by atoms with E-state index in [1.807, 2.05) is 56.3 Å². The van der Waals surface area contributed by atoms with Gasteiger partial charge in [0.2, 0.25) is 5.91 Å². The number of ether oxygens (including phenoxy) is 1. The zero-order valence-electron chi connectivity index (χ0n) is 13.4. The van der Waals surface area contributed by atoms with E-state index in [2.05, 4.69) is 5.32 Å². The van der Waals surface area contributed by atoms with Gasteiger partial charge in [0.05, 0.1) is 18.6 Å². The quantitative estimate of drug-likeness (QED) is 0.789. The van der Waals surface area contributed by atoms with Gasteiger partial charge in [-0.2, -0.15) is 0 Å². The molecule has 0 radical (unpaired) electrons. The minimum absolute atomic E-state index is 0.0576. The zero-order chi connectivity index (χ0) is 16.8. The third-order valence-corrected chi connectivity index (χ3v) is 4.96. The summed E-state index contributed by atoms with van der Waals surface area (Å²) in [4.78, 5) is 12.2. The minimum atomic E-state index is -0.0576. The van der Waals surface area contributed by atoms with Crippen molar-refractivity contribution in [3.05, 3.63) is 58.6 Å². The lowest BCUT2D eigenvalue weighted by molar-refractivity contribution is -0.113. The number of amides is 1. The molecule has 0 heterocycles. The van der Waals surface area contributed by atoms with Gasteiger partial charge in [0.1, 0.15) is 5.75 Å². The Balaban J connectivity index is 1.95. The van der Waals surface area contributed by atoms with Crippen LogP contribution in [0.4, 0.5) is 5.69 Å². The maximum Gasteiger partial charge on any atom is 0.234 e. The molecule has 1 amide bonds. The molecule has 0 aliphatic heterocycles. The van der Waals surface area contributed by atoms with E-state index < -0.39 is 0 Å². The topological polar surface area (TPSA) is 38.3 Å². The lowest BCUT2D eigenvalue weighted by Crippen LogP contribution is -2.15. The normalized spacial score (nSPS) is 11.8. The van der Waals surface area contributed by atoms with Crippen LogP contribution in [0.15, 0.2) is 42.5 Å². The van der Waals surface area contributed by atoms with Gasteiger partial charge in [0.15, 0.2) is 0 Å². The SMILES string of the molecule is COc1ccc(C)cc1NC(=O)CS[C@H](C)c1ccccc1Cl. The van der Waals surface area contributed by atoms with Gasteiger partial charge in [-0.3, -0.25) is 4.79 Å². The predicted octanol–water partition coefficient (Wildman–Crippen LogP) is 5.09. The van der Waals surface area contributed by atoms with E-state index in [1.165, 1.54) is 0 Å². The van der Waals surface area contributed by atoms with Crippen LogP contribution in [-0.4, -0.2) is 18.8 Å². The first-order valence-electron chi connectivity index (χ1n) is 7.31. The summed E-state index contributed by atoms with van der Waals surface area (Å²) in [6, 6.07) is 13.4. The number of carbonyl (C=O) groups is 1. The van der Waals surface area contributed by atoms with E-state index >= 15 is 0 Å². The Kier molecular flexibility index (Phi) is 6.37. The van der Waals surface area contributed by atoms with Crippen LogP contribution >= 0.6 is 23.4 Å². The van der Waals surface area contributed by atoms with Crippen molar-refractivity contribution in [3.63, 3.8) is 0 Å². The largest absolute Gasteiger partial charge is 0.495 e. The number of anilines is 1. The average molecular weight is 350 g/mol. The Morgan fingerprint density at radius 1 is 1.30 bits per heavy atom. The summed E-state index contributed by atoms with van der Waals surface area (Å²) in [7, 11) is 1.59. The fraction of sp³-hybridized carbons (Fsp3) is 0.278. The molecule has 0 aliphatic carbocycles. The fourth-order valence-electron chi connectivity index (χ4n) is 2.20. The van der Waals surface area contributed by atoms with Crippen molar-refractivity contribution in [2.24, 2.45) is 0 Å². The average Bonchev–Trinajstić information content (AvgIpc) is 2.53. The van der Waals surface area contributed by atoms with Crippen molar-refractivity contribution in [1.82, 2.24) is 0 Å². The molecule has 0 aromatic heterocycles. The van der Waals surface area contributed by atoms with Gasteiger partial charge in [0, 0.05) is 10.3 Å². The number of halogens is 1. The molecule has 0 fully saturated rings. The third-order valence-electron chi connectivity index (χ3n) is 3.44. The molecule has 23 heavy (non-hydrogen) atoms. The molecular formula is C18H20ClNO2S. The van der Waals surface area contributed by atoms with Crippen LogP contribution in [0.5, 0.6) is 5.75 Å². The lowest BCUT2D eigenvalue weighted by atomic mass is 10.2. The molecular weight excluding hydrogens is 330 g/mol. The number of hydrogen-bond donors (Lipinski definition) is 1. The number of methoxy groups -OCH3 is 1. The Labute approximate surface area is 146 Å². The van der Waals surface area contributed by atoms with Crippen LogP contribution in [0.25, 0.3) is 0 Å². The highest BCUT2D eigenvalue weighted by Crippen LogP contribution is 2.33.